The fraction of sp³-hybridized carbons (Fsp3) is 0.0833. The molecule has 1 aromatic heterocycles. The molecule has 0 radical (unpaired) electrons. The molecule has 0 bridgehead atoms. The molecule has 17 heavy (non-hydrogen) atoms. The zero-order valence-electron chi connectivity index (χ0n) is 8.65. The molecule has 5 heteroatoms. The number of benzene rings is 1. The SMILES string of the molecule is O=C(COc1cccc(Cl)c1)c1occc1Br. The second-order valence-corrected chi connectivity index (χ2v) is 4.56. The topological polar surface area (TPSA) is 39.4 Å². The summed E-state index contributed by atoms with van der Waals surface area (Å²) in [5.41, 5.74) is 0. The first kappa shape index (κ1) is 12.2. The highest BCUT2D eigenvalue weighted by Crippen LogP contribution is 2.20. The number of carbonyl (C=O) groups excluding carboxylic acids is 1. The van der Waals surface area contributed by atoms with Gasteiger partial charge in [0.05, 0.1) is 10.7 Å². The maximum Gasteiger partial charge on any atom is 0.236 e. The van der Waals surface area contributed by atoms with Crippen molar-refractivity contribution in [2.45, 2.75) is 0 Å². The van der Waals surface area contributed by atoms with Gasteiger partial charge in [0.1, 0.15) is 5.75 Å². The van der Waals surface area contributed by atoms with Gasteiger partial charge in [0.25, 0.3) is 0 Å². The maximum atomic E-state index is 11.7. The molecule has 0 aliphatic heterocycles. The van der Waals surface area contributed by atoms with Crippen LogP contribution >= 0.6 is 27.5 Å². The molecule has 0 aliphatic rings. The second-order valence-electron chi connectivity index (χ2n) is 3.27. The summed E-state index contributed by atoms with van der Waals surface area (Å²) in [5.74, 6) is 0.572. The monoisotopic (exact) mass is 314 g/mol. The van der Waals surface area contributed by atoms with E-state index in [-0.39, 0.29) is 18.2 Å². The summed E-state index contributed by atoms with van der Waals surface area (Å²) in [6, 6.07) is 8.53. The van der Waals surface area contributed by atoms with Crippen LogP contribution in [0, 0.1) is 0 Å². The normalized spacial score (nSPS) is 10.2. The van der Waals surface area contributed by atoms with Crippen molar-refractivity contribution in [2.75, 3.05) is 6.61 Å². The van der Waals surface area contributed by atoms with Crippen LogP contribution in [-0.4, -0.2) is 12.4 Å². The number of rotatable bonds is 4. The standard InChI is InChI=1S/C12H8BrClO3/c13-10-4-5-16-12(10)11(15)7-17-9-3-1-2-8(14)6-9/h1-6H,7H2. The predicted octanol–water partition coefficient (Wildman–Crippen LogP) is 3.96. The number of hydrogen-bond donors (Lipinski definition) is 0. The Morgan fingerprint density at radius 1 is 1.41 bits per heavy atom. The minimum Gasteiger partial charge on any atom is -0.485 e. The molecule has 2 rings (SSSR count). The summed E-state index contributed by atoms with van der Waals surface area (Å²) >= 11 is 9.01. The van der Waals surface area contributed by atoms with Gasteiger partial charge < -0.3 is 9.15 Å². The van der Waals surface area contributed by atoms with E-state index in [1.807, 2.05) is 0 Å². The van der Waals surface area contributed by atoms with Crippen LogP contribution in [0.2, 0.25) is 5.02 Å². The molecule has 0 unspecified atom stereocenters. The molecule has 3 nitrogen and oxygen atoms in total. The summed E-state index contributed by atoms with van der Waals surface area (Å²) in [6.45, 7) is -0.0908. The number of ether oxygens (including phenoxy) is 1. The number of halogens is 2. The molecular weight excluding hydrogens is 307 g/mol. The Bertz CT molecular complexity index is 536. The van der Waals surface area contributed by atoms with Gasteiger partial charge in [0.2, 0.25) is 5.78 Å². The van der Waals surface area contributed by atoms with Gasteiger partial charge in [-0.2, -0.15) is 0 Å². The Morgan fingerprint density at radius 3 is 2.88 bits per heavy atom. The number of furan rings is 1. The highest BCUT2D eigenvalue weighted by molar-refractivity contribution is 9.10. The van der Waals surface area contributed by atoms with Crippen molar-refractivity contribution < 1.29 is 13.9 Å². The number of Topliss-reactive ketones (excluding diaryl/α,β-unsaturated/α-hetero) is 1. The third-order valence-electron chi connectivity index (χ3n) is 2.04. The Morgan fingerprint density at radius 2 is 2.24 bits per heavy atom. The average molecular weight is 316 g/mol. The van der Waals surface area contributed by atoms with Crippen molar-refractivity contribution in [1.82, 2.24) is 0 Å². The molecule has 0 saturated heterocycles. The van der Waals surface area contributed by atoms with Crippen LogP contribution in [0.25, 0.3) is 0 Å². The quantitative estimate of drug-likeness (QED) is 0.802. The van der Waals surface area contributed by atoms with Crippen molar-refractivity contribution in [3.05, 3.63) is 51.9 Å². The molecule has 0 aliphatic carbocycles. The Hall–Kier alpha value is -1.26. The van der Waals surface area contributed by atoms with Gasteiger partial charge in [-0.05, 0) is 40.2 Å². The van der Waals surface area contributed by atoms with Gasteiger partial charge in [0, 0.05) is 5.02 Å². The van der Waals surface area contributed by atoms with E-state index < -0.39 is 0 Å². The Kier molecular flexibility index (Phi) is 3.86. The van der Waals surface area contributed by atoms with E-state index in [0.29, 0.717) is 15.2 Å². The fourth-order valence-electron chi connectivity index (χ4n) is 1.26. The highest BCUT2D eigenvalue weighted by Gasteiger charge is 2.14. The minimum atomic E-state index is -0.234. The van der Waals surface area contributed by atoms with E-state index in [2.05, 4.69) is 15.9 Å². The van der Waals surface area contributed by atoms with Gasteiger partial charge >= 0.3 is 0 Å². The summed E-state index contributed by atoms with van der Waals surface area (Å²) < 4.78 is 11.0. The Balaban J connectivity index is 1.99. The molecule has 0 N–H and O–H groups in total. The van der Waals surface area contributed by atoms with E-state index >= 15 is 0 Å². The van der Waals surface area contributed by atoms with Gasteiger partial charge in [0.15, 0.2) is 12.4 Å². The summed E-state index contributed by atoms with van der Waals surface area (Å²) in [6.07, 6.45) is 1.44. The van der Waals surface area contributed by atoms with Gasteiger partial charge in [-0.3, -0.25) is 4.79 Å². The number of hydrogen-bond acceptors (Lipinski definition) is 3. The molecule has 1 aromatic carbocycles. The molecule has 2 aromatic rings. The van der Waals surface area contributed by atoms with E-state index in [4.69, 9.17) is 20.8 Å². The van der Waals surface area contributed by atoms with Crippen LogP contribution in [0.1, 0.15) is 10.6 Å². The average Bonchev–Trinajstić information content (AvgIpc) is 2.72. The minimum absolute atomic E-state index is 0.0908. The molecule has 0 atom stereocenters. The third kappa shape index (κ3) is 3.11. The molecule has 0 fully saturated rings. The third-order valence-corrected chi connectivity index (χ3v) is 2.90. The predicted molar refractivity (Wildman–Crippen MR) is 67.7 cm³/mol. The first-order valence-corrected chi connectivity index (χ1v) is 5.98. The number of carbonyl (C=O) groups is 1. The summed E-state index contributed by atoms with van der Waals surface area (Å²) in [7, 11) is 0. The van der Waals surface area contributed by atoms with Crippen LogP contribution in [-0.2, 0) is 0 Å². The van der Waals surface area contributed by atoms with Crippen molar-refractivity contribution in [3.63, 3.8) is 0 Å². The molecule has 0 spiro atoms. The molecule has 0 amide bonds. The van der Waals surface area contributed by atoms with Crippen LogP contribution in [0.4, 0.5) is 0 Å². The van der Waals surface area contributed by atoms with Crippen molar-refractivity contribution in [1.29, 1.82) is 0 Å². The summed E-state index contributed by atoms with van der Waals surface area (Å²) in [5, 5.41) is 0.564. The van der Waals surface area contributed by atoms with E-state index in [9.17, 15) is 4.79 Å². The van der Waals surface area contributed by atoms with Crippen molar-refractivity contribution in [3.8, 4) is 5.75 Å². The molecular formula is C12H8BrClO3. The van der Waals surface area contributed by atoms with Crippen molar-refractivity contribution >= 4 is 33.3 Å². The highest BCUT2D eigenvalue weighted by atomic mass is 79.9. The zero-order chi connectivity index (χ0) is 12.3. The largest absolute Gasteiger partial charge is 0.485 e. The van der Waals surface area contributed by atoms with E-state index in [0.717, 1.165) is 0 Å². The van der Waals surface area contributed by atoms with E-state index in [1.165, 1.54) is 6.26 Å². The first-order chi connectivity index (χ1) is 8.16. The lowest BCUT2D eigenvalue weighted by Crippen LogP contribution is -2.11. The van der Waals surface area contributed by atoms with E-state index in [1.54, 1.807) is 30.3 Å². The lowest BCUT2D eigenvalue weighted by molar-refractivity contribution is 0.0892. The second kappa shape index (κ2) is 5.38. The van der Waals surface area contributed by atoms with Crippen LogP contribution in [0.3, 0.4) is 0 Å². The van der Waals surface area contributed by atoms with Crippen LogP contribution < -0.4 is 4.74 Å². The Labute approximate surface area is 111 Å². The number of ketones is 1. The summed E-state index contributed by atoms with van der Waals surface area (Å²) in [4.78, 5) is 11.7. The molecule has 0 saturated carbocycles. The fourth-order valence-corrected chi connectivity index (χ4v) is 1.87. The smallest absolute Gasteiger partial charge is 0.236 e. The zero-order valence-corrected chi connectivity index (χ0v) is 11.0. The lowest BCUT2D eigenvalue weighted by Gasteiger charge is -2.04. The lowest BCUT2D eigenvalue weighted by atomic mass is 10.3. The maximum absolute atomic E-state index is 11.7. The van der Waals surface area contributed by atoms with Gasteiger partial charge in [-0.15, -0.1) is 0 Å². The molecule has 88 valence electrons. The van der Waals surface area contributed by atoms with Gasteiger partial charge in [-0.1, -0.05) is 17.7 Å². The van der Waals surface area contributed by atoms with Gasteiger partial charge in [-0.25, -0.2) is 0 Å². The van der Waals surface area contributed by atoms with Crippen LogP contribution in [0.15, 0.2) is 45.5 Å². The van der Waals surface area contributed by atoms with Crippen LogP contribution in [0.5, 0.6) is 5.75 Å². The first-order valence-electron chi connectivity index (χ1n) is 4.81. The molecule has 1 heterocycles. The van der Waals surface area contributed by atoms with Crippen molar-refractivity contribution in [2.24, 2.45) is 0 Å².